The number of nitrogens with zero attached hydrogens (tertiary/aromatic N) is 1. The van der Waals surface area contributed by atoms with Crippen molar-refractivity contribution in [2.24, 2.45) is 0 Å². The number of carbonyl (C=O) groups is 1. The summed E-state index contributed by atoms with van der Waals surface area (Å²) in [5, 5.41) is 0. The molecule has 62 valence electrons. The second-order valence-corrected chi connectivity index (χ2v) is 2.87. The summed E-state index contributed by atoms with van der Waals surface area (Å²) in [6, 6.07) is 0. The van der Waals surface area contributed by atoms with E-state index in [1.165, 1.54) is 0 Å². The summed E-state index contributed by atoms with van der Waals surface area (Å²) >= 11 is 7.24. The summed E-state index contributed by atoms with van der Waals surface area (Å²) in [5.41, 5.74) is 0. The Morgan fingerprint density at radius 3 is 2.45 bits per heavy atom. The molecule has 0 heterocycles. The number of amides is 1. The zero-order chi connectivity index (χ0) is 7.98. The van der Waals surface area contributed by atoms with Crippen molar-refractivity contribution in [3.63, 3.8) is 0 Å². The van der Waals surface area contributed by atoms with Gasteiger partial charge in [0.15, 0.2) is 0 Å². The minimum atomic E-state index is -0.528. The predicted octanol–water partition coefficient (Wildman–Crippen LogP) is 1.27. The third-order valence-corrected chi connectivity index (χ3v) is 1.21. The molecule has 3 nitrogen and oxygen atoms in total. The molecule has 0 N–H and O–H groups in total. The fraction of sp³-hybridized carbons (Fsp3) is 0.800. The second-order valence-electron chi connectivity index (χ2n) is 1.76. The van der Waals surface area contributed by atoms with Crippen LogP contribution in [0, 0.1) is 0 Å². The molecule has 0 rings (SSSR count). The predicted molar refractivity (Wildman–Crippen MR) is 53.2 cm³/mol. The van der Waals surface area contributed by atoms with Crippen molar-refractivity contribution in [1.29, 1.82) is 0 Å². The zero-order valence-corrected chi connectivity index (χ0v) is 7.57. The van der Waals surface area contributed by atoms with Gasteiger partial charge in [-0.1, -0.05) is 13.3 Å². The van der Waals surface area contributed by atoms with E-state index in [1.807, 2.05) is 6.92 Å². The van der Waals surface area contributed by atoms with Gasteiger partial charge >= 0.3 is 35.7 Å². The van der Waals surface area contributed by atoms with Gasteiger partial charge < -0.3 is 4.74 Å². The molecule has 0 saturated carbocycles. The average Bonchev–Trinajstić information content (AvgIpc) is 1.88. The number of ether oxygens (including phenoxy) is 1. The van der Waals surface area contributed by atoms with Gasteiger partial charge in [-0.2, -0.15) is 3.71 Å². The first-order chi connectivity index (χ1) is 4.68. The molecule has 0 saturated heterocycles. The van der Waals surface area contributed by atoms with Gasteiger partial charge in [-0.05, 0) is 32.1 Å². The molecule has 0 aromatic heterocycles. The van der Waals surface area contributed by atoms with Crippen molar-refractivity contribution >= 4 is 61.3 Å². The molecule has 11 heavy (non-hydrogen) atoms. The Hall–Kier alpha value is 0.970. The first-order valence-corrected chi connectivity index (χ1v) is 3.83. The van der Waals surface area contributed by atoms with Gasteiger partial charge in [0.1, 0.15) is 0 Å². The SMILES string of the molecule is CCCCOC(=O)N(S)S.[NaH]. The topological polar surface area (TPSA) is 29.5 Å². The van der Waals surface area contributed by atoms with Gasteiger partial charge in [0.25, 0.3) is 0 Å². The number of rotatable bonds is 3. The van der Waals surface area contributed by atoms with Crippen molar-refractivity contribution in [1.82, 2.24) is 3.71 Å². The number of hydrogen-bond donors (Lipinski definition) is 2. The van der Waals surface area contributed by atoms with Crippen LogP contribution in [0.2, 0.25) is 0 Å². The van der Waals surface area contributed by atoms with E-state index in [4.69, 9.17) is 0 Å². The van der Waals surface area contributed by atoms with Crippen LogP contribution in [0.3, 0.4) is 0 Å². The molecule has 1 amide bonds. The number of thiol groups is 2. The van der Waals surface area contributed by atoms with Crippen LogP contribution >= 0.6 is 25.6 Å². The van der Waals surface area contributed by atoms with E-state index in [1.54, 1.807) is 0 Å². The Kier molecular flexibility index (Phi) is 11.9. The quantitative estimate of drug-likeness (QED) is 0.413. The number of carbonyl (C=O) groups excluding carboxylic acids is 1. The summed E-state index contributed by atoms with van der Waals surface area (Å²) in [6.45, 7) is 2.46. The molecule has 0 spiro atoms. The molecule has 0 unspecified atom stereocenters. The van der Waals surface area contributed by atoms with E-state index in [9.17, 15) is 4.79 Å². The fourth-order valence-corrected chi connectivity index (χ4v) is 0.477. The Morgan fingerprint density at radius 2 is 2.09 bits per heavy atom. The summed E-state index contributed by atoms with van der Waals surface area (Å²) in [7, 11) is 0. The van der Waals surface area contributed by atoms with Gasteiger partial charge in [-0.25, -0.2) is 4.79 Å². The summed E-state index contributed by atoms with van der Waals surface area (Å²) < 4.78 is 5.49. The molecule has 0 aromatic rings. The molecule has 0 aromatic carbocycles. The van der Waals surface area contributed by atoms with Crippen LogP contribution < -0.4 is 0 Å². The van der Waals surface area contributed by atoms with Crippen molar-refractivity contribution in [3.8, 4) is 0 Å². The van der Waals surface area contributed by atoms with Crippen LogP contribution in [-0.2, 0) is 4.74 Å². The van der Waals surface area contributed by atoms with Crippen LogP contribution in [0.5, 0.6) is 0 Å². The molecule has 6 heteroatoms. The normalized spacial score (nSPS) is 8.27. The molecule has 0 aliphatic carbocycles. The monoisotopic (exact) mass is 205 g/mol. The molecule has 0 bridgehead atoms. The molecule has 0 aliphatic rings. The van der Waals surface area contributed by atoms with E-state index in [0.29, 0.717) is 6.61 Å². The molecule has 0 fully saturated rings. The number of unbranched alkanes of at least 4 members (excludes halogenated alkanes) is 1. The third-order valence-electron chi connectivity index (χ3n) is 0.887. The van der Waals surface area contributed by atoms with Gasteiger partial charge in [0, 0.05) is 0 Å². The van der Waals surface area contributed by atoms with E-state index in [0.717, 1.165) is 16.6 Å². The third kappa shape index (κ3) is 8.88. The van der Waals surface area contributed by atoms with Crippen LogP contribution in [0.15, 0.2) is 0 Å². The molecular formula is C5H12NNaO2S2. The van der Waals surface area contributed by atoms with E-state index in [-0.39, 0.29) is 29.6 Å². The maximum absolute atomic E-state index is 10.6. The summed E-state index contributed by atoms with van der Waals surface area (Å²) in [6.07, 6.45) is 1.35. The zero-order valence-electron chi connectivity index (χ0n) is 5.78. The molecular weight excluding hydrogens is 193 g/mol. The van der Waals surface area contributed by atoms with Crippen LogP contribution in [0.1, 0.15) is 19.8 Å². The van der Waals surface area contributed by atoms with E-state index >= 15 is 0 Å². The first-order valence-electron chi connectivity index (χ1n) is 3.03. The summed E-state index contributed by atoms with van der Waals surface area (Å²) in [5.74, 6) is 0. The Morgan fingerprint density at radius 1 is 1.55 bits per heavy atom. The Bertz CT molecular complexity index is 113. The van der Waals surface area contributed by atoms with Crippen LogP contribution in [0.25, 0.3) is 0 Å². The van der Waals surface area contributed by atoms with Crippen molar-refractivity contribution in [3.05, 3.63) is 0 Å². The standard InChI is InChI=1S/C5H11NO2S2.Na.H/c1-2-3-4-8-5(7)6(9)10;;/h9-10H,2-4H2,1H3;;. The number of hydrogen-bond acceptors (Lipinski definition) is 4. The van der Waals surface area contributed by atoms with Crippen molar-refractivity contribution in [2.45, 2.75) is 19.8 Å². The van der Waals surface area contributed by atoms with E-state index in [2.05, 4.69) is 30.4 Å². The van der Waals surface area contributed by atoms with Gasteiger partial charge in [0.05, 0.1) is 6.61 Å². The molecule has 0 aliphatic heterocycles. The minimum absolute atomic E-state index is 0. The van der Waals surface area contributed by atoms with Crippen molar-refractivity contribution < 1.29 is 9.53 Å². The van der Waals surface area contributed by atoms with Gasteiger partial charge in [-0.3, -0.25) is 0 Å². The van der Waals surface area contributed by atoms with Gasteiger partial charge in [-0.15, -0.1) is 0 Å². The maximum atomic E-state index is 10.6. The first kappa shape index (κ1) is 14.5. The Balaban J connectivity index is 0. The fourth-order valence-electron chi connectivity index (χ4n) is 0.362. The average molecular weight is 205 g/mol. The van der Waals surface area contributed by atoms with Gasteiger partial charge in [0.2, 0.25) is 0 Å². The van der Waals surface area contributed by atoms with E-state index < -0.39 is 6.09 Å². The van der Waals surface area contributed by atoms with Crippen LogP contribution in [-0.4, -0.2) is 46.0 Å². The molecule has 0 radical (unpaired) electrons. The Labute approximate surface area is 100 Å². The van der Waals surface area contributed by atoms with Crippen LogP contribution in [0.4, 0.5) is 4.79 Å². The van der Waals surface area contributed by atoms with Crippen molar-refractivity contribution in [2.75, 3.05) is 6.61 Å². The summed E-state index contributed by atoms with van der Waals surface area (Å²) in [4.78, 5) is 10.6. The second kappa shape index (κ2) is 9.06. The molecule has 0 atom stereocenters.